The van der Waals surface area contributed by atoms with E-state index in [1.165, 1.54) is 11.3 Å². The van der Waals surface area contributed by atoms with Crippen molar-refractivity contribution in [2.24, 2.45) is 0 Å². The minimum atomic E-state index is -0.741. The van der Waals surface area contributed by atoms with Gasteiger partial charge in [0.25, 0.3) is 0 Å². The van der Waals surface area contributed by atoms with Gasteiger partial charge in [-0.15, -0.1) is 10.2 Å². The molecule has 0 fully saturated rings. The van der Waals surface area contributed by atoms with Crippen LogP contribution in [0, 0.1) is 0 Å². The van der Waals surface area contributed by atoms with Crippen LogP contribution >= 0.6 is 11.3 Å². The summed E-state index contributed by atoms with van der Waals surface area (Å²) in [6, 6.07) is 0. The Balaban J connectivity index is 2.00. The Morgan fingerprint density at radius 1 is 1.39 bits per heavy atom. The number of aromatic nitrogens is 4. The van der Waals surface area contributed by atoms with Gasteiger partial charge in [0.1, 0.15) is 5.01 Å². The summed E-state index contributed by atoms with van der Waals surface area (Å²) in [7, 11) is 0. The molecule has 1 N–H and O–H groups in total. The van der Waals surface area contributed by atoms with E-state index >= 15 is 0 Å². The third kappa shape index (κ3) is 2.84. The number of rotatable bonds is 6. The van der Waals surface area contributed by atoms with Gasteiger partial charge < -0.3 is 5.11 Å². The summed E-state index contributed by atoms with van der Waals surface area (Å²) in [6.07, 6.45) is 2.56. The van der Waals surface area contributed by atoms with Gasteiger partial charge in [-0.25, -0.2) is 0 Å². The van der Waals surface area contributed by atoms with E-state index in [4.69, 9.17) is 5.11 Å². The highest BCUT2D eigenvalue weighted by molar-refractivity contribution is 7.16. The molecule has 0 atom stereocenters. The summed E-state index contributed by atoms with van der Waals surface area (Å²) in [6.45, 7) is 4.12. The molecule has 0 aromatic carbocycles. The van der Waals surface area contributed by atoms with Gasteiger partial charge in [-0.05, 0) is 12.8 Å². The highest BCUT2D eigenvalue weighted by Gasteiger charge is 2.13. The van der Waals surface area contributed by atoms with Crippen molar-refractivity contribution in [2.75, 3.05) is 0 Å². The second kappa shape index (κ2) is 5.43. The highest BCUT2D eigenvalue weighted by Crippen LogP contribution is 2.19. The van der Waals surface area contributed by atoms with Crippen molar-refractivity contribution in [1.82, 2.24) is 19.8 Å². The number of nitrogens with zero attached hydrogens (tertiary/aromatic N) is 4. The predicted molar refractivity (Wildman–Crippen MR) is 67.9 cm³/mol. The summed E-state index contributed by atoms with van der Waals surface area (Å²) in [5.41, 5.74) is 0. The maximum Gasteiger partial charge on any atom is 0.303 e. The number of fused-ring (bicyclic) bond motifs is 1. The lowest BCUT2D eigenvalue weighted by molar-refractivity contribution is -0.137. The molecular weight excluding hydrogens is 252 g/mol. The largest absolute Gasteiger partial charge is 0.481 e. The van der Waals surface area contributed by atoms with E-state index in [1.807, 2.05) is 0 Å². The van der Waals surface area contributed by atoms with Gasteiger partial charge in [-0.1, -0.05) is 25.2 Å². The molecule has 0 amide bonds. The third-order valence-corrected chi connectivity index (χ3v) is 3.56. The summed E-state index contributed by atoms with van der Waals surface area (Å²) >= 11 is 1.53. The van der Waals surface area contributed by atoms with Crippen molar-refractivity contribution in [3.05, 3.63) is 10.8 Å². The molecule has 2 aromatic rings. The highest BCUT2D eigenvalue weighted by atomic mass is 32.1. The van der Waals surface area contributed by atoms with Crippen LogP contribution in [0.4, 0.5) is 0 Å². The van der Waals surface area contributed by atoms with Crippen molar-refractivity contribution in [1.29, 1.82) is 0 Å². The van der Waals surface area contributed by atoms with Crippen LogP contribution in [0.15, 0.2) is 0 Å². The average molecular weight is 268 g/mol. The van der Waals surface area contributed by atoms with Gasteiger partial charge in [-0.3, -0.25) is 4.79 Å². The first kappa shape index (κ1) is 12.9. The lowest BCUT2D eigenvalue weighted by atomic mass is 10.2. The molecule has 2 heterocycles. The Labute approximate surface area is 109 Å². The molecule has 0 bridgehead atoms. The zero-order valence-corrected chi connectivity index (χ0v) is 11.3. The molecule has 0 radical (unpaired) electrons. The van der Waals surface area contributed by atoms with Gasteiger partial charge >= 0.3 is 5.97 Å². The molecule has 18 heavy (non-hydrogen) atoms. The number of carboxylic acid groups (broad SMARTS) is 1. The fourth-order valence-corrected chi connectivity index (χ4v) is 2.57. The molecule has 7 heteroatoms. The number of carboxylic acids is 1. The monoisotopic (exact) mass is 268 g/mol. The summed E-state index contributed by atoms with van der Waals surface area (Å²) in [5.74, 6) is 0.426. The standard InChI is InChI=1S/C11H16N4O2S/c1-7(2)10-12-13-11-15(10)14-8(18-11)5-3-4-6-9(16)17/h7H,3-6H2,1-2H3,(H,16,17). The summed E-state index contributed by atoms with van der Waals surface area (Å²) < 4.78 is 1.79. The number of aliphatic carboxylic acids is 1. The predicted octanol–water partition coefficient (Wildman–Crippen LogP) is 2.11. The minimum Gasteiger partial charge on any atom is -0.481 e. The van der Waals surface area contributed by atoms with E-state index in [0.29, 0.717) is 12.3 Å². The van der Waals surface area contributed by atoms with E-state index in [0.717, 1.165) is 28.6 Å². The van der Waals surface area contributed by atoms with Crippen molar-refractivity contribution >= 4 is 22.3 Å². The van der Waals surface area contributed by atoms with Crippen LogP contribution in [-0.2, 0) is 11.2 Å². The normalized spacial score (nSPS) is 11.5. The molecule has 0 aliphatic heterocycles. The molecule has 6 nitrogen and oxygen atoms in total. The van der Waals surface area contributed by atoms with Gasteiger partial charge in [0.15, 0.2) is 5.82 Å². The maximum absolute atomic E-state index is 10.4. The Morgan fingerprint density at radius 3 is 2.83 bits per heavy atom. The second-order valence-corrected chi connectivity index (χ2v) is 5.54. The van der Waals surface area contributed by atoms with E-state index in [1.54, 1.807) is 4.52 Å². The molecule has 0 spiro atoms. The first-order valence-corrected chi connectivity index (χ1v) is 6.82. The average Bonchev–Trinajstić information content (AvgIpc) is 2.82. The molecule has 2 rings (SSSR count). The number of hydrogen-bond acceptors (Lipinski definition) is 5. The van der Waals surface area contributed by atoms with Crippen LogP contribution in [0.1, 0.15) is 49.9 Å². The molecule has 0 saturated carbocycles. The van der Waals surface area contributed by atoms with Crippen molar-refractivity contribution in [3.8, 4) is 0 Å². The first-order chi connectivity index (χ1) is 8.58. The van der Waals surface area contributed by atoms with Crippen LogP contribution in [0.5, 0.6) is 0 Å². The van der Waals surface area contributed by atoms with Crippen LogP contribution in [-0.4, -0.2) is 30.9 Å². The smallest absolute Gasteiger partial charge is 0.303 e. The van der Waals surface area contributed by atoms with Crippen molar-refractivity contribution in [3.63, 3.8) is 0 Å². The minimum absolute atomic E-state index is 0.224. The van der Waals surface area contributed by atoms with Crippen LogP contribution in [0.3, 0.4) is 0 Å². The molecule has 98 valence electrons. The fourth-order valence-electron chi connectivity index (χ4n) is 1.69. The summed E-state index contributed by atoms with van der Waals surface area (Å²) in [4.78, 5) is 11.2. The van der Waals surface area contributed by atoms with Crippen LogP contribution in [0.2, 0.25) is 0 Å². The van der Waals surface area contributed by atoms with E-state index < -0.39 is 5.97 Å². The number of hydrogen-bond donors (Lipinski definition) is 1. The van der Waals surface area contributed by atoms with E-state index in [9.17, 15) is 4.79 Å². The number of aryl methyl sites for hydroxylation is 1. The fraction of sp³-hybridized carbons (Fsp3) is 0.636. The molecule has 0 aliphatic rings. The maximum atomic E-state index is 10.4. The lowest BCUT2D eigenvalue weighted by Gasteiger charge is -1.98. The van der Waals surface area contributed by atoms with Crippen LogP contribution in [0.25, 0.3) is 4.96 Å². The first-order valence-electron chi connectivity index (χ1n) is 6.00. The van der Waals surface area contributed by atoms with Gasteiger partial charge in [0.2, 0.25) is 4.96 Å². The molecule has 0 saturated heterocycles. The number of carbonyl (C=O) groups is 1. The van der Waals surface area contributed by atoms with Crippen LogP contribution < -0.4 is 0 Å². The number of unbranched alkanes of at least 4 members (excludes halogenated alkanes) is 1. The van der Waals surface area contributed by atoms with Gasteiger partial charge in [-0.2, -0.15) is 9.61 Å². The zero-order valence-electron chi connectivity index (χ0n) is 10.5. The third-order valence-electron chi connectivity index (χ3n) is 2.60. The van der Waals surface area contributed by atoms with Crippen molar-refractivity contribution in [2.45, 2.75) is 45.4 Å². The van der Waals surface area contributed by atoms with Crippen molar-refractivity contribution < 1.29 is 9.90 Å². The molecule has 0 unspecified atom stereocenters. The van der Waals surface area contributed by atoms with E-state index in [-0.39, 0.29) is 6.42 Å². The zero-order chi connectivity index (χ0) is 13.1. The Hall–Kier alpha value is -1.50. The Bertz CT molecular complexity index is 546. The van der Waals surface area contributed by atoms with Gasteiger partial charge in [0.05, 0.1) is 0 Å². The molecule has 2 aromatic heterocycles. The Morgan fingerprint density at radius 2 is 2.17 bits per heavy atom. The molecule has 0 aliphatic carbocycles. The second-order valence-electron chi connectivity index (χ2n) is 4.50. The quantitative estimate of drug-likeness (QED) is 0.811. The summed E-state index contributed by atoms with van der Waals surface area (Å²) in [5, 5.41) is 22.2. The van der Waals surface area contributed by atoms with Gasteiger partial charge in [0, 0.05) is 18.8 Å². The van der Waals surface area contributed by atoms with E-state index in [2.05, 4.69) is 29.1 Å². The topological polar surface area (TPSA) is 80.4 Å². The lowest BCUT2D eigenvalue weighted by Crippen LogP contribution is -1.99. The molecular formula is C11H16N4O2S. The SMILES string of the molecule is CC(C)c1nnc2sc(CCCCC(=O)O)nn12. The Kier molecular flexibility index (Phi) is 3.90.